The van der Waals surface area contributed by atoms with Crippen molar-refractivity contribution < 1.29 is 22.0 Å². The molecule has 28 heavy (non-hydrogen) atoms. The van der Waals surface area contributed by atoms with E-state index in [-0.39, 0.29) is 33.7 Å². The number of nitrogens with zero attached hydrogens (tertiary/aromatic N) is 1. The average molecular weight is 449 g/mol. The van der Waals surface area contributed by atoms with Crippen LogP contribution in [0.5, 0.6) is 0 Å². The molecule has 0 aliphatic carbocycles. The molecule has 2 aromatic rings. The first-order valence-electron chi connectivity index (χ1n) is 8.39. The zero-order valence-electron chi connectivity index (χ0n) is 14.5. The number of benzene rings is 2. The fraction of sp³-hybridized carbons (Fsp3) is 0.278. The highest BCUT2D eigenvalue weighted by Gasteiger charge is 2.34. The Kier molecular flexibility index (Phi) is 6.24. The molecule has 1 N–H and O–H groups in total. The van der Waals surface area contributed by atoms with E-state index in [2.05, 4.69) is 5.32 Å². The Morgan fingerprint density at radius 1 is 1.14 bits per heavy atom. The first-order chi connectivity index (χ1) is 13.2. The Morgan fingerprint density at radius 2 is 1.89 bits per heavy atom. The highest BCUT2D eigenvalue weighted by Crippen LogP contribution is 2.30. The van der Waals surface area contributed by atoms with Crippen molar-refractivity contribution in [3.05, 3.63) is 58.1 Å². The number of hydrogen-bond donors (Lipinski definition) is 1. The lowest BCUT2D eigenvalue weighted by molar-refractivity contribution is -0.120. The van der Waals surface area contributed by atoms with Crippen LogP contribution < -0.4 is 5.32 Å². The number of piperidine rings is 1. The number of nitrogens with one attached hydrogen (secondary N) is 1. The minimum atomic E-state index is -3.95. The average Bonchev–Trinajstić information content (AvgIpc) is 2.66. The van der Waals surface area contributed by atoms with Gasteiger partial charge >= 0.3 is 0 Å². The molecule has 1 aliphatic rings. The predicted octanol–water partition coefficient (Wildman–Crippen LogP) is 4.31. The van der Waals surface area contributed by atoms with Crippen molar-refractivity contribution in [2.45, 2.75) is 17.7 Å². The summed E-state index contributed by atoms with van der Waals surface area (Å²) in [5.74, 6) is -2.89. The molecule has 5 nitrogen and oxygen atoms in total. The van der Waals surface area contributed by atoms with Crippen LogP contribution in [0, 0.1) is 17.6 Å². The van der Waals surface area contributed by atoms with Crippen LogP contribution in [0.15, 0.2) is 41.3 Å². The van der Waals surface area contributed by atoms with E-state index < -0.39 is 33.5 Å². The maximum absolute atomic E-state index is 13.8. The minimum absolute atomic E-state index is 0.0318. The van der Waals surface area contributed by atoms with Crippen molar-refractivity contribution >= 4 is 44.8 Å². The van der Waals surface area contributed by atoms with E-state index in [9.17, 15) is 22.0 Å². The SMILES string of the molecule is O=C(Nc1ccc(F)cc1F)[C@H]1CCCN(S(=O)(=O)c2cc(Cl)ccc2Cl)C1. The first-order valence-corrected chi connectivity index (χ1v) is 10.6. The lowest BCUT2D eigenvalue weighted by atomic mass is 9.98. The van der Waals surface area contributed by atoms with Crippen LogP contribution in [0.3, 0.4) is 0 Å². The molecule has 1 heterocycles. The van der Waals surface area contributed by atoms with Crippen molar-refractivity contribution in [1.29, 1.82) is 0 Å². The van der Waals surface area contributed by atoms with Gasteiger partial charge < -0.3 is 5.32 Å². The summed E-state index contributed by atoms with van der Waals surface area (Å²) >= 11 is 11.9. The number of hydrogen-bond acceptors (Lipinski definition) is 3. The van der Waals surface area contributed by atoms with Gasteiger partial charge in [0.15, 0.2) is 0 Å². The highest BCUT2D eigenvalue weighted by atomic mass is 35.5. The van der Waals surface area contributed by atoms with Gasteiger partial charge in [-0.1, -0.05) is 23.2 Å². The van der Waals surface area contributed by atoms with Crippen LogP contribution in [0.2, 0.25) is 10.0 Å². The van der Waals surface area contributed by atoms with Gasteiger partial charge in [-0.15, -0.1) is 0 Å². The van der Waals surface area contributed by atoms with Gasteiger partial charge in [0.25, 0.3) is 0 Å². The van der Waals surface area contributed by atoms with Gasteiger partial charge in [-0.25, -0.2) is 17.2 Å². The third-order valence-corrected chi connectivity index (χ3v) is 7.04. The molecule has 1 saturated heterocycles. The van der Waals surface area contributed by atoms with E-state index in [0.717, 1.165) is 12.1 Å². The molecular weight excluding hydrogens is 433 g/mol. The molecule has 3 rings (SSSR count). The molecule has 0 radical (unpaired) electrons. The third-order valence-electron chi connectivity index (χ3n) is 4.45. The maximum Gasteiger partial charge on any atom is 0.244 e. The number of carbonyl (C=O) groups excluding carboxylic acids is 1. The molecule has 0 bridgehead atoms. The Labute approximate surface area is 171 Å². The number of rotatable bonds is 4. The Bertz CT molecular complexity index is 1020. The fourth-order valence-electron chi connectivity index (χ4n) is 3.01. The Hall–Kier alpha value is -1.74. The summed E-state index contributed by atoms with van der Waals surface area (Å²) in [5, 5.41) is 2.65. The summed E-state index contributed by atoms with van der Waals surface area (Å²) < 4.78 is 53.8. The minimum Gasteiger partial charge on any atom is -0.323 e. The van der Waals surface area contributed by atoms with Gasteiger partial charge in [-0.05, 0) is 43.2 Å². The second kappa shape index (κ2) is 8.32. The topological polar surface area (TPSA) is 66.5 Å². The van der Waals surface area contributed by atoms with Gasteiger partial charge in [0, 0.05) is 24.2 Å². The van der Waals surface area contributed by atoms with Crippen molar-refractivity contribution in [2.75, 3.05) is 18.4 Å². The zero-order valence-corrected chi connectivity index (χ0v) is 16.8. The van der Waals surface area contributed by atoms with Gasteiger partial charge in [-0.3, -0.25) is 4.79 Å². The number of halogens is 4. The summed E-state index contributed by atoms with van der Waals surface area (Å²) in [6.45, 7) is 0.139. The van der Waals surface area contributed by atoms with E-state index >= 15 is 0 Å². The summed E-state index contributed by atoms with van der Waals surface area (Å²) in [6.07, 6.45) is 0.880. The van der Waals surface area contributed by atoms with Gasteiger partial charge in [0.2, 0.25) is 15.9 Å². The number of sulfonamides is 1. The van der Waals surface area contributed by atoms with Crippen molar-refractivity contribution in [3.63, 3.8) is 0 Å². The van der Waals surface area contributed by atoms with Gasteiger partial charge in [-0.2, -0.15) is 4.31 Å². The molecular formula is C18H16Cl2F2N2O3S. The Morgan fingerprint density at radius 3 is 2.61 bits per heavy atom. The monoisotopic (exact) mass is 448 g/mol. The molecule has 1 aliphatic heterocycles. The molecule has 10 heteroatoms. The summed E-state index contributed by atoms with van der Waals surface area (Å²) in [5.41, 5.74) is -0.163. The Balaban J connectivity index is 1.78. The van der Waals surface area contributed by atoms with Crippen molar-refractivity contribution in [3.8, 4) is 0 Å². The molecule has 0 spiro atoms. The van der Waals surface area contributed by atoms with E-state index in [0.29, 0.717) is 18.9 Å². The predicted molar refractivity (Wildman–Crippen MR) is 103 cm³/mol. The number of amides is 1. The van der Waals surface area contributed by atoms with Crippen LogP contribution >= 0.6 is 23.2 Å². The maximum atomic E-state index is 13.8. The molecule has 1 fully saturated rings. The van der Waals surface area contributed by atoms with Crippen LogP contribution in [0.1, 0.15) is 12.8 Å². The summed E-state index contributed by atoms with van der Waals surface area (Å²) in [6, 6.07) is 6.93. The molecule has 2 aromatic carbocycles. The smallest absolute Gasteiger partial charge is 0.244 e. The van der Waals surface area contributed by atoms with E-state index in [1.807, 2.05) is 0 Å². The largest absolute Gasteiger partial charge is 0.323 e. The molecule has 1 atom stereocenters. The quantitative estimate of drug-likeness (QED) is 0.757. The lowest BCUT2D eigenvalue weighted by Gasteiger charge is -2.31. The fourth-order valence-corrected chi connectivity index (χ4v) is 5.28. The summed E-state index contributed by atoms with van der Waals surface area (Å²) in [4.78, 5) is 12.4. The second-order valence-corrected chi connectivity index (χ2v) is 9.14. The molecule has 0 aromatic heterocycles. The van der Waals surface area contributed by atoms with Crippen LogP contribution in [-0.4, -0.2) is 31.7 Å². The van der Waals surface area contributed by atoms with Gasteiger partial charge in [0.1, 0.15) is 16.5 Å². The van der Waals surface area contributed by atoms with Crippen LogP contribution in [-0.2, 0) is 14.8 Å². The van der Waals surface area contributed by atoms with Crippen LogP contribution in [0.4, 0.5) is 14.5 Å². The number of anilines is 1. The van der Waals surface area contributed by atoms with Crippen molar-refractivity contribution in [1.82, 2.24) is 4.31 Å². The first kappa shape index (κ1) is 21.0. The normalized spacial score (nSPS) is 18.1. The van der Waals surface area contributed by atoms with Crippen LogP contribution in [0.25, 0.3) is 0 Å². The molecule has 1 amide bonds. The highest BCUT2D eigenvalue weighted by molar-refractivity contribution is 7.89. The van der Waals surface area contributed by atoms with E-state index in [1.165, 1.54) is 22.5 Å². The molecule has 0 saturated carbocycles. The third kappa shape index (κ3) is 4.46. The summed E-state index contributed by atoms with van der Waals surface area (Å²) in [7, 11) is -3.95. The number of carbonyl (C=O) groups is 1. The van der Waals surface area contributed by atoms with Gasteiger partial charge in [0.05, 0.1) is 16.6 Å². The lowest BCUT2D eigenvalue weighted by Crippen LogP contribution is -2.43. The van der Waals surface area contributed by atoms with E-state index in [4.69, 9.17) is 23.2 Å². The van der Waals surface area contributed by atoms with Crippen molar-refractivity contribution in [2.24, 2.45) is 5.92 Å². The zero-order chi connectivity index (χ0) is 20.5. The van der Waals surface area contributed by atoms with E-state index in [1.54, 1.807) is 0 Å². The molecule has 0 unspecified atom stereocenters. The standard InChI is InChI=1S/C18H16Cl2F2N2O3S/c19-12-3-5-14(20)17(8-12)28(26,27)24-7-1-2-11(10-24)18(25)23-16-6-4-13(21)9-15(16)22/h3-6,8-9,11H,1-2,7,10H2,(H,23,25)/t11-/m0/s1. The molecule has 150 valence electrons. The second-order valence-electron chi connectivity index (χ2n) is 6.39.